The molecule has 0 aliphatic heterocycles. The number of imidazole rings is 1. The molecule has 10 heteroatoms. The quantitative estimate of drug-likeness (QED) is 0.420. The molecule has 9 nitrogen and oxygen atoms in total. The number of benzene rings is 1. The number of anilines is 1. The van der Waals surface area contributed by atoms with E-state index in [1.807, 2.05) is 26.8 Å². The monoisotopic (exact) mass is 413 g/mol. The first kappa shape index (κ1) is 20.5. The van der Waals surface area contributed by atoms with Crippen LogP contribution in [0.4, 0.5) is 5.95 Å². The van der Waals surface area contributed by atoms with Crippen LogP contribution in [0.15, 0.2) is 52.7 Å². The van der Waals surface area contributed by atoms with E-state index < -0.39 is 10.0 Å². The molecule has 0 amide bonds. The molecule has 0 atom stereocenters. The molecular formula is C19H23N7O2S. The lowest BCUT2D eigenvalue weighted by Crippen LogP contribution is -2.37. The molecule has 0 spiro atoms. The first-order chi connectivity index (χ1) is 13.8. The van der Waals surface area contributed by atoms with Crippen LogP contribution in [0.25, 0.3) is 0 Å². The van der Waals surface area contributed by atoms with Crippen LogP contribution < -0.4 is 10.0 Å². The largest absolute Gasteiger partial charge is 0.348 e. The van der Waals surface area contributed by atoms with E-state index in [-0.39, 0.29) is 16.8 Å². The Morgan fingerprint density at radius 2 is 1.79 bits per heavy atom. The van der Waals surface area contributed by atoms with Crippen LogP contribution >= 0.6 is 0 Å². The smallest absolute Gasteiger partial charge is 0.264 e. The molecule has 0 aliphatic rings. The Morgan fingerprint density at radius 1 is 1.10 bits per heavy atom. The number of nitrogens with one attached hydrogen (secondary N) is 3. The number of aromatic amines is 1. The molecule has 3 N–H and O–H groups in total. The zero-order chi connectivity index (χ0) is 20.9. The normalized spacial score (nSPS) is 12.0. The van der Waals surface area contributed by atoms with Gasteiger partial charge in [-0.3, -0.25) is 10.3 Å². The van der Waals surface area contributed by atoms with E-state index in [0.29, 0.717) is 13.0 Å². The van der Waals surface area contributed by atoms with Crippen LogP contribution in [-0.2, 0) is 16.4 Å². The minimum atomic E-state index is -3.82. The summed E-state index contributed by atoms with van der Waals surface area (Å²) < 4.78 is 28.1. The molecule has 0 radical (unpaired) electrons. The number of hydrogen-bond donors (Lipinski definition) is 3. The van der Waals surface area contributed by atoms with Gasteiger partial charge in [0.2, 0.25) is 11.9 Å². The SMILES string of the molecule is Cc1ccc(S(=O)(=O)NC(=NCCc2cnc[nH]2)Nc2nc(C)cc(C)n2)cc1. The van der Waals surface area contributed by atoms with Gasteiger partial charge in [-0.05, 0) is 39.0 Å². The molecule has 2 heterocycles. The number of guanidine groups is 1. The van der Waals surface area contributed by atoms with Crippen molar-refractivity contribution in [1.82, 2.24) is 24.7 Å². The van der Waals surface area contributed by atoms with Gasteiger partial charge in [-0.2, -0.15) is 0 Å². The highest BCUT2D eigenvalue weighted by atomic mass is 32.2. The maximum atomic E-state index is 12.8. The van der Waals surface area contributed by atoms with E-state index in [1.54, 1.807) is 36.8 Å². The summed E-state index contributed by atoms with van der Waals surface area (Å²) in [4.78, 5) is 20.1. The fourth-order valence-corrected chi connectivity index (χ4v) is 3.58. The first-order valence-electron chi connectivity index (χ1n) is 9.02. The van der Waals surface area contributed by atoms with Crippen molar-refractivity contribution in [2.24, 2.45) is 4.99 Å². The third-order valence-corrected chi connectivity index (χ3v) is 5.34. The number of hydrogen-bond acceptors (Lipinski definition) is 6. The molecule has 0 fully saturated rings. The summed E-state index contributed by atoms with van der Waals surface area (Å²) in [5.41, 5.74) is 3.40. The fraction of sp³-hybridized carbons (Fsp3) is 0.263. The number of H-pyrrole nitrogens is 1. The molecule has 0 unspecified atom stereocenters. The Morgan fingerprint density at radius 3 is 2.41 bits per heavy atom. The molecule has 2 aromatic heterocycles. The van der Waals surface area contributed by atoms with E-state index in [9.17, 15) is 8.42 Å². The van der Waals surface area contributed by atoms with Crippen molar-refractivity contribution in [3.8, 4) is 0 Å². The standard InChI is InChI=1S/C19H23N7O2S/c1-13-4-6-17(7-5-13)29(27,28)26-18(21-9-8-16-11-20-12-22-16)25-19-23-14(2)10-15(3)24-19/h4-7,10-12H,8-9H2,1-3H3,(H,20,22)(H2,21,23,24,25,26). The maximum absolute atomic E-state index is 12.8. The van der Waals surface area contributed by atoms with E-state index in [4.69, 9.17) is 0 Å². The summed E-state index contributed by atoms with van der Waals surface area (Å²) in [6.45, 7) is 5.91. The Balaban J connectivity index is 1.83. The van der Waals surface area contributed by atoms with E-state index in [0.717, 1.165) is 22.6 Å². The van der Waals surface area contributed by atoms with Gasteiger partial charge in [0.05, 0.1) is 11.2 Å². The van der Waals surface area contributed by atoms with Gasteiger partial charge in [0, 0.05) is 36.2 Å². The summed E-state index contributed by atoms with van der Waals surface area (Å²) in [5.74, 6) is 0.324. The van der Waals surface area contributed by atoms with Crippen LogP contribution in [0.2, 0.25) is 0 Å². The molecule has 3 aromatic rings. The number of aliphatic imine (C=N–C) groups is 1. The van der Waals surface area contributed by atoms with E-state index in [1.165, 1.54) is 0 Å². The van der Waals surface area contributed by atoms with Crippen molar-refractivity contribution in [3.05, 3.63) is 65.5 Å². The first-order valence-corrected chi connectivity index (χ1v) is 10.5. The lowest BCUT2D eigenvalue weighted by molar-refractivity contribution is 0.592. The van der Waals surface area contributed by atoms with Crippen molar-refractivity contribution in [2.45, 2.75) is 32.1 Å². The maximum Gasteiger partial charge on any atom is 0.264 e. The Labute approximate surface area is 169 Å². The number of aryl methyl sites for hydroxylation is 3. The van der Waals surface area contributed by atoms with Crippen LogP contribution in [0, 0.1) is 20.8 Å². The summed E-state index contributed by atoms with van der Waals surface area (Å²) in [5, 5.41) is 2.89. The zero-order valence-electron chi connectivity index (χ0n) is 16.5. The third-order valence-electron chi connectivity index (χ3n) is 3.98. The Kier molecular flexibility index (Phi) is 6.23. The van der Waals surface area contributed by atoms with Crippen molar-refractivity contribution in [1.29, 1.82) is 0 Å². The minimum absolute atomic E-state index is 0.0510. The highest BCUT2D eigenvalue weighted by molar-refractivity contribution is 7.90. The second-order valence-electron chi connectivity index (χ2n) is 6.58. The van der Waals surface area contributed by atoms with E-state index >= 15 is 0 Å². The van der Waals surface area contributed by atoms with Crippen LogP contribution in [0.3, 0.4) is 0 Å². The van der Waals surface area contributed by atoms with Gasteiger partial charge in [0.1, 0.15) is 0 Å². The molecule has 29 heavy (non-hydrogen) atoms. The second-order valence-corrected chi connectivity index (χ2v) is 8.26. The van der Waals surface area contributed by atoms with E-state index in [2.05, 4.69) is 35.0 Å². The molecule has 152 valence electrons. The molecule has 0 bridgehead atoms. The summed E-state index contributed by atoms with van der Waals surface area (Å²) in [7, 11) is -3.82. The zero-order valence-corrected chi connectivity index (χ0v) is 17.3. The predicted molar refractivity (Wildman–Crippen MR) is 111 cm³/mol. The molecule has 3 rings (SSSR count). The van der Waals surface area contributed by atoms with Gasteiger partial charge in [-0.1, -0.05) is 17.7 Å². The minimum Gasteiger partial charge on any atom is -0.348 e. The van der Waals surface area contributed by atoms with Gasteiger partial charge >= 0.3 is 0 Å². The van der Waals surface area contributed by atoms with Crippen molar-refractivity contribution >= 4 is 21.9 Å². The number of aromatic nitrogens is 4. The molecule has 0 saturated heterocycles. The van der Waals surface area contributed by atoms with Gasteiger partial charge in [0.15, 0.2) is 0 Å². The number of sulfonamides is 1. The van der Waals surface area contributed by atoms with Crippen LogP contribution in [0.1, 0.15) is 22.6 Å². The van der Waals surface area contributed by atoms with Gasteiger partial charge < -0.3 is 4.98 Å². The molecule has 0 saturated carbocycles. The molecular weight excluding hydrogens is 390 g/mol. The lowest BCUT2D eigenvalue weighted by Gasteiger charge is -2.13. The number of nitrogens with zero attached hydrogens (tertiary/aromatic N) is 4. The van der Waals surface area contributed by atoms with Crippen molar-refractivity contribution in [2.75, 3.05) is 11.9 Å². The fourth-order valence-electron chi connectivity index (χ4n) is 2.60. The highest BCUT2D eigenvalue weighted by Crippen LogP contribution is 2.11. The van der Waals surface area contributed by atoms with Crippen LogP contribution in [0.5, 0.6) is 0 Å². The summed E-state index contributed by atoms with van der Waals surface area (Å²) in [6, 6.07) is 8.41. The second kappa shape index (κ2) is 8.82. The summed E-state index contributed by atoms with van der Waals surface area (Å²) >= 11 is 0. The Hall–Kier alpha value is -3.27. The van der Waals surface area contributed by atoms with Crippen molar-refractivity contribution < 1.29 is 8.42 Å². The van der Waals surface area contributed by atoms with Gasteiger partial charge in [-0.15, -0.1) is 0 Å². The average Bonchev–Trinajstić information content (AvgIpc) is 3.14. The van der Waals surface area contributed by atoms with Crippen LogP contribution in [-0.4, -0.2) is 40.9 Å². The van der Waals surface area contributed by atoms with Gasteiger partial charge in [0.25, 0.3) is 10.0 Å². The Bertz CT molecular complexity index is 1070. The topological polar surface area (TPSA) is 125 Å². The molecule has 1 aromatic carbocycles. The predicted octanol–water partition coefficient (Wildman–Crippen LogP) is 2.11. The summed E-state index contributed by atoms with van der Waals surface area (Å²) in [6.07, 6.45) is 3.86. The number of rotatable bonds is 6. The highest BCUT2D eigenvalue weighted by Gasteiger charge is 2.17. The van der Waals surface area contributed by atoms with Gasteiger partial charge in [-0.25, -0.2) is 28.1 Å². The average molecular weight is 414 g/mol. The third kappa shape index (κ3) is 5.85. The van der Waals surface area contributed by atoms with Crippen molar-refractivity contribution in [3.63, 3.8) is 0 Å². The molecule has 0 aliphatic carbocycles. The lowest BCUT2D eigenvalue weighted by atomic mass is 10.2.